The summed E-state index contributed by atoms with van der Waals surface area (Å²) in [5.74, 6) is 0.902. The van der Waals surface area contributed by atoms with Crippen molar-refractivity contribution < 1.29 is 13.2 Å². The van der Waals surface area contributed by atoms with Crippen molar-refractivity contribution in [3.63, 3.8) is 0 Å². The number of aromatic nitrogens is 3. The molecule has 1 aliphatic carbocycles. The van der Waals surface area contributed by atoms with Gasteiger partial charge in [0.05, 0.1) is 21.6 Å². The van der Waals surface area contributed by atoms with E-state index in [1.165, 1.54) is 12.1 Å². The molecule has 1 spiro atoms. The van der Waals surface area contributed by atoms with Gasteiger partial charge in [-0.15, -0.1) is 0 Å². The summed E-state index contributed by atoms with van der Waals surface area (Å²) in [6.07, 6.45) is 5.34. The fourth-order valence-electron chi connectivity index (χ4n) is 4.29. The topological polar surface area (TPSA) is 99.3 Å². The third-order valence-electron chi connectivity index (χ3n) is 6.20. The normalized spacial score (nSPS) is 18.2. The summed E-state index contributed by atoms with van der Waals surface area (Å²) >= 11 is 0. The number of fused-ring (bicyclic) bond motifs is 1. The van der Waals surface area contributed by atoms with Crippen LogP contribution < -0.4 is 4.90 Å². The van der Waals surface area contributed by atoms with E-state index < -0.39 is 9.84 Å². The van der Waals surface area contributed by atoms with Gasteiger partial charge in [-0.1, -0.05) is 6.92 Å². The number of H-pyrrole nitrogens is 1. The second-order valence-electron chi connectivity index (χ2n) is 7.97. The highest BCUT2D eigenvalue weighted by Gasteiger charge is 2.53. The molecule has 1 saturated carbocycles. The molecule has 3 aromatic rings. The molecule has 2 fully saturated rings. The summed E-state index contributed by atoms with van der Waals surface area (Å²) in [5, 5.41) is 0.987. The molecule has 5 rings (SSSR count). The smallest absolute Gasteiger partial charge is 0.254 e. The van der Waals surface area contributed by atoms with E-state index in [4.69, 9.17) is 0 Å². The molecule has 2 aliphatic rings. The Hall–Kier alpha value is -2.94. The molecule has 0 atom stereocenters. The first-order valence-corrected chi connectivity index (χ1v) is 11.8. The first-order valence-electron chi connectivity index (χ1n) is 10.1. The van der Waals surface area contributed by atoms with Crippen molar-refractivity contribution in [3.05, 3.63) is 48.4 Å². The van der Waals surface area contributed by atoms with Crippen LogP contribution in [0.4, 0.5) is 5.82 Å². The highest BCUT2D eigenvalue weighted by Crippen LogP contribution is 2.46. The van der Waals surface area contributed by atoms with E-state index in [0.717, 1.165) is 36.2 Å². The largest absolute Gasteiger partial charge is 0.352 e. The van der Waals surface area contributed by atoms with E-state index in [-0.39, 0.29) is 22.1 Å². The van der Waals surface area contributed by atoms with Crippen LogP contribution in [-0.2, 0) is 9.84 Å². The fourth-order valence-corrected chi connectivity index (χ4v) is 5.17. The second-order valence-corrected chi connectivity index (χ2v) is 10.2. The van der Waals surface area contributed by atoms with Gasteiger partial charge in [0, 0.05) is 31.4 Å². The molecule has 1 aromatic carbocycles. The van der Waals surface area contributed by atoms with Gasteiger partial charge in [-0.3, -0.25) is 4.79 Å². The predicted octanol–water partition coefficient (Wildman–Crippen LogP) is 2.25. The zero-order valence-electron chi connectivity index (χ0n) is 16.7. The highest BCUT2D eigenvalue weighted by atomic mass is 32.2. The van der Waals surface area contributed by atoms with Crippen molar-refractivity contribution >= 4 is 32.6 Å². The van der Waals surface area contributed by atoms with E-state index in [1.807, 2.05) is 17.2 Å². The van der Waals surface area contributed by atoms with Crippen molar-refractivity contribution in [2.75, 3.05) is 30.3 Å². The van der Waals surface area contributed by atoms with Gasteiger partial charge in [0.2, 0.25) is 0 Å². The van der Waals surface area contributed by atoms with Crippen LogP contribution in [0.25, 0.3) is 11.0 Å². The standard InChI is InChI=1S/C21H23N5O3S/c1-2-30(28,29)16-5-3-15(4-6-16)20(27)26-12-11-25(13-21(26)8-9-21)19-17-7-10-22-18(17)23-14-24-19/h3-7,10,14H,2,8-9,11-13H2,1H3,(H,22,23,24). The highest BCUT2D eigenvalue weighted by molar-refractivity contribution is 7.91. The van der Waals surface area contributed by atoms with Crippen molar-refractivity contribution in [2.24, 2.45) is 0 Å². The van der Waals surface area contributed by atoms with Gasteiger partial charge >= 0.3 is 0 Å². The molecule has 9 heteroatoms. The Kier molecular flexibility index (Phi) is 4.32. The van der Waals surface area contributed by atoms with E-state index in [9.17, 15) is 13.2 Å². The third-order valence-corrected chi connectivity index (χ3v) is 7.95. The molecule has 3 heterocycles. The van der Waals surface area contributed by atoms with Crippen LogP contribution in [-0.4, -0.2) is 65.1 Å². The fraction of sp³-hybridized carbons (Fsp3) is 0.381. The summed E-state index contributed by atoms with van der Waals surface area (Å²) in [6, 6.07) is 8.30. The Bertz CT molecular complexity index is 1210. The van der Waals surface area contributed by atoms with Gasteiger partial charge in [-0.25, -0.2) is 18.4 Å². The lowest BCUT2D eigenvalue weighted by molar-refractivity contribution is 0.0624. The van der Waals surface area contributed by atoms with Gasteiger partial charge < -0.3 is 14.8 Å². The maximum absolute atomic E-state index is 13.2. The number of aromatic amines is 1. The zero-order chi connectivity index (χ0) is 20.9. The van der Waals surface area contributed by atoms with Crippen LogP contribution in [0.1, 0.15) is 30.1 Å². The number of carbonyl (C=O) groups excluding carboxylic acids is 1. The van der Waals surface area contributed by atoms with Crippen LogP contribution in [0.5, 0.6) is 0 Å². The van der Waals surface area contributed by atoms with Crippen LogP contribution in [0.2, 0.25) is 0 Å². The Morgan fingerprint density at radius 3 is 2.60 bits per heavy atom. The molecule has 0 radical (unpaired) electrons. The van der Waals surface area contributed by atoms with Crippen molar-refractivity contribution in [1.82, 2.24) is 19.9 Å². The average Bonchev–Trinajstić information content (AvgIpc) is 3.34. The molecule has 1 saturated heterocycles. The molecule has 0 bridgehead atoms. The molecular formula is C21H23N5O3S. The number of anilines is 1. The van der Waals surface area contributed by atoms with Crippen LogP contribution in [0.3, 0.4) is 0 Å². The molecule has 30 heavy (non-hydrogen) atoms. The lowest BCUT2D eigenvalue weighted by atomic mass is 10.1. The molecule has 0 unspecified atom stereocenters. The number of amides is 1. The number of benzene rings is 1. The summed E-state index contributed by atoms with van der Waals surface area (Å²) in [4.78, 5) is 29.6. The SMILES string of the molecule is CCS(=O)(=O)c1ccc(C(=O)N2CCN(c3ncnc4[nH]ccc34)CC23CC3)cc1. The van der Waals surface area contributed by atoms with Crippen molar-refractivity contribution in [3.8, 4) is 0 Å². The lowest BCUT2D eigenvalue weighted by Crippen LogP contribution is -2.57. The monoisotopic (exact) mass is 425 g/mol. The summed E-state index contributed by atoms with van der Waals surface area (Å²) in [6.45, 7) is 3.64. The summed E-state index contributed by atoms with van der Waals surface area (Å²) in [7, 11) is -3.27. The average molecular weight is 426 g/mol. The predicted molar refractivity (Wildman–Crippen MR) is 113 cm³/mol. The number of hydrogen-bond donors (Lipinski definition) is 1. The third kappa shape index (κ3) is 3.04. The number of nitrogens with one attached hydrogen (secondary N) is 1. The zero-order valence-corrected chi connectivity index (χ0v) is 17.5. The minimum absolute atomic E-state index is 0.0397. The van der Waals surface area contributed by atoms with E-state index in [0.29, 0.717) is 18.7 Å². The van der Waals surface area contributed by atoms with Gasteiger partial charge in [0.1, 0.15) is 17.8 Å². The van der Waals surface area contributed by atoms with E-state index >= 15 is 0 Å². The van der Waals surface area contributed by atoms with Gasteiger partial charge in [0.15, 0.2) is 9.84 Å². The molecular weight excluding hydrogens is 402 g/mol. The number of rotatable bonds is 4. The van der Waals surface area contributed by atoms with Gasteiger partial charge in [-0.2, -0.15) is 0 Å². The molecule has 1 amide bonds. The number of hydrogen-bond acceptors (Lipinski definition) is 6. The first kappa shape index (κ1) is 19.0. The molecule has 8 nitrogen and oxygen atoms in total. The maximum atomic E-state index is 13.2. The number of nitrogens with zero attached hydrogens (tertiary/aromatic N) is 4. The lowest BCUT2D eigenvalue weighted by Gasteiger charge is -2.42. The quantitative estimate of drug-likeness (QED) is 0.688. The van der Waals surface area contributed by atoms with Crippen LogP contribution >= 0.6 is 0 Å². The minimum Gasteiger partial charge on any atom is -0.352 e. The minimum atomic E-state index is -3.27. The van der Waals surface area contributed by atoms with E-state index in [2.05, 4.69) is 19.9 Å². The number of piperazine rings is 1. The van der Waals surface area contributed by atoms with Crippen molar-refractivity contribution in [2.45, 2.75) is 30.2 Å². The first-order chi connectivity index (χ1) is 14.4. The Morgan fingerprint density at radius 2 is 1.90 bits per heavy atom. The Balaban J connectivity index is 1.37. The summed E-state index contributed by atoms with van der Waals surface area (Å²) < 4.78 is 24.1. The molecule has 2 aromatic heterocycles. The Morgan fingerprint density at radius 1 is 1.13 bits per heavy atom. The number of carbonyl (C=O) groups is 1. The maximum Gasteiger partial charge on any atom is 0.254 e. The molecule has 1 N–H and O–H groups in total. The van der Waals surface area contributed by atoms with Crippen LogP contribution in [0, 0.1) is 0 Å². The number of sulfone groups is 1. The van der Waals surface area contributed by atoms with Gasteiger partial charge in [0.25, 0.3) is 5.91 Å². The molecule has 1 aliphatic heterocycles. The summed E-state index contributed by atoms with van der Waals surface area (Å²) in [5.41, 5.74) is 1.15. The van der Waals surface area contributed by atoms with Gasteiger partial charge in [-0.05, 0) is 43.2 Å². The molecule has 156 valence electrons. The van der Waals surface area contributed by atoms with E-state index in [1.54, 1.807) is 25.4 Å². The van der Waals surface area contributed by atoms with Crippen molar-refractivity contribution in [1.29, 1.82) is 0 Å². The Labute approximate surface area is 174 Å². The second kappa shape index (κ2) is 6.80. The van der Waals surface area contributed by atoms with Crippen LogP contribution in [0.15, 0.2) is 47.8 Å².